The normalized spacial score (nSPS) is 22.9. The minimum Gasteiger partial charge on any atom is -0.309 e. The maximum absolute atomic E-state index is 4.34. The van der Waals surface area contributed by atoms with Crippen molar-refractivity contribution in [2.45, 2.75) is 37.6 Å². The molecule has 0 radical (unpaired) electrons. The summed E-state index contributed by atoms with van der Waals surface area (Å²) in [6, 6.07) is 11.1. The molecule has 106 valence electrons. The zero-order chi connectivity index (χ0) is 13.8. The molecular formula is C16H21N3S. The molecule has 1 aromatic carbocycles. The Morgan fingerprint density at radius 3 is 3.05 bits per heavy atom. The van der Waals surface area contributed by atoms with E-state index in [1.165, 1.54) is 29.8 Å². The number of nitrogens with zero attached hydrogens (tertiary/aromatic N) is 2. The second kappa shape index (κ2) is 6.46. The summed E-state index contributed by atoms with van der Waals surface area (Å²) in [5.74, 6) is 1.31. The van der Waals surface area contributed by atoms with Crippen molar-refractivity contribution in [3.05, 3.63) is 48.3 Å². The molecule has 1 saturated heterocycles. The Balaban J connectivity index is 1.71. The van der Waals surface area contributed by atoms with Gasteiger partial charge in [0.05, 0.1) is 5.69 Å². The van der Waals surface area contributed by atoms with Crippen LogP contribution in [0.5, 0.6) is 0 Å². The molecule has 0 saturated carbocycles. The van der Waals surface area contributed by atoms with E-state index in [0.29, 0.717) is 11.3 Å². The second-order valence-electron chi connectivity index (χ2n) is 5.28. The van der Waals surface area contributed by atoms with Gasteiger partial charge in [-0.15, -0.1) is 0 Å². The predicted molar refractivity (Wildman–Crippen MR) is 85.3 cm³/mol. The first-order valence-electron chi connectivity index (χ1n) is 7.27. The van der Waals surface area contributed by atoms with E-state index in [-0.39, 0.29) is 0 Å². The Labute approximate surface area is 124 Å². The van der Waals surface area contributed by atoms with Crippen molar-refractivity contribution in [3.8, 4) is 5.69 Å². The zero-order valence-corrected chi connectivity index (χ0v) is 12.6. The van der Waals surface area contributed by atoms with Crippen molar-refractivity contribution < 1.29 is 0 Å². The van der Waals surface area contributed by atoms with Gasteiger partial charge in [0.1, 0.15) is 0 Å². The highest BCUT2D eigenvalue weighted by molar-refractivity contribution is 7.99. The molecule has 1 aliphatic rings. The largest absolute Gasteiger partial charge is 0.309 e. The minimum atomic E-state index is 0.624. The highest BCUT2D eigenvalue weighted by Crippen LogP contribution is 2.25. The Hall–Kier alpha value is -1.26. The van der Waals surface area contributed by atoms with Crippen molar-refractivity contribution >= 4 is 11.8 Å². The van der Waals surface area contributed by atoms with E-state index >= 15 is 0 Å². The summed E-state index contributed by atoms with van der Waals surface area (Å²) in [5.41, 5.74) is 2.47. The number of nitrogens with one attached hydrogen (secondary N) is 1. The van der Waals surface area contributed by atoms with E-state index in [4.69, 9.17) is 0 Å². The third-order valence-electron chi connectivity index (χ3n) is 3.90. The van der Waals surface area contributed by atoms with E-state index in [9.17, 15) is 0 Å². The maximum atomic E-state index is 4.34. The Kier molecular flexibility index (Phi) is 4.43. The first-order chi connectivity index (χ1) is 9.84. The third kappa shape index (κ3) is 3.07. The fraction of sp³-hybridized carbons (Fsp3) is 0.438. The van der Waals surface area contributed by atoms with Gasteiger partial charge in [0, 0.05) is 30.2 Å². The number of thioether (sulfide) groups is 1. The molecule has 4 heteroatoms. The topological polar surface area (TPSA) is 29.9 Å². The van der Waals surface area contributed by atoms with Crippen LogP contribution in [0.1, 0.15) is 25.3 Å². The molecule has 3 nitrogen and oxygen atoms in total. The van der Waals surface area contributed by atoms with Gasteiger partial charge in [-0.05, 0) is 36.3 Å². The SMILES string of the molecule is CC1SCCCC1NCc1ccccc1-n1cccn1. The summed E-state index contributed by atoms with van der Waals surface area (Å²) in [4.78, 5) is 0. The average molecular weight is 287 g/mol. The van der Waals surface area contributed by atoms with Crippen LogP contribution in [0, 0.1) is 0 Å². The molecule has 0 amide bonds. The molecule has 2 aromatic rings. The van der Waals surface area contributed by atoms with Gasteiger partial charge < -0.3 is 5.32 Å². The van der Waals surface area contributed by atoms with Crippen LogP contribution in [-0.4, -0.2) is 26.8 Å². The van der Waals surface area contributed by atoms with Gasteiger partial charge in [0.2, 0.25) is 0 Å². The number of hydrogen-bond donors (Lipinski definition) is 1. The van der Waals surface area contributed by atoms with E-state index in [1.807, 2.05) is 23.1 Å². The van der Waals surface area contributed by atoms with Crippen molar-refractivity contribution in [1.82, 2.24) is 15.1 Å². The first kappa shape index (κ1) is 13.7. The molecule has 1 fully saturated rings. The molecule has 20 heavy (non-hydrogen) atoms. The van der Waals surface area contributed by atoms with E-state index in [0.717, 1.165) is 6.54 Å². The number of benzene rings is 1. The summed E-state index contributed by atoms with van der Waals surface area (Å²) in [6.45, 7) is 3.24. The molecule has 0 bridgehead atoms. The molecule has 0 spiro atoms. The lowest BCUT2D eigenvalue weighted by Gasteiger charge is -2.29. The van der Waals surface area contributed by atoms with Crippen LogP contribution in [0.25, 0.3) is 5.69 Å². The number of aromatic nitrogens is 2. The maximum Gasteiger partial charge on any atom is 0.0690 e. The first-order valence-corrected chi connectivity index (χ1v) is 8.32. The molecule has 1 aromatic heterocycles. The molecule has 1 N–H and O–H groups in total. The molecule has 3 rings (SSSR count). The fourth-order valence-corrected chi connectivity index (χ4v) is 3.90. The molecule has 2 atom stereocenters. The highest BCUT2D eigenvalue weighted by Gasteiger charge is 2.21. The van der Waals surface area contributed by atoms with Gasteiger partial charge in [-0.25, -0.2) is 4.68 Å². The lowest BCUT2D eigenvalue weighted by Crippen LogP contribution is -2.38. The second-order valence-corrected chi connectivity index (χ2v) is 6.77. The smallest absolute Gasteiger partial charge is 0.0690 e. The van der Waals surface area contributed by atoms with Crippen molar-refractivity contribution in [1.29, 1.82) is 0 Å². The van der Waals surface area contributed by atoms with Crippen LogP contribution in [0.3, 0.4) is 0 Å². The van der Waals surface area contributed by atoms with Crippen molar-refractivity contribution in [2.24, 2.45) is 0 Å². The molecule has 2 unspecified atom stereocenters. The lowest BCUT2D eigenvalue weighted by molar-refractivity contribution is 0.461. The molecule has 1 aliphatic heterocycles. The van der Waals surface area contributed by atoms with E-state index < -0.39 is 0 Å². The van der Waals surface area contributed by atoms with Crippen molar-refractivity contribution in [2.75, 3.05) is 5.75 Å². The Morgan fingerprint density at radius 1 is 1.35 bits per heavy atom. The van der Waals surface area contributed by atoms with Crippen LogP contribution in [0.2, 0.25) is 0 Å². The standard InChI is InChI=1S/C16H21N3S/c1-13-15(7-4-11-20-13)17-12-14-6-2-3-8-16(14)19-10-5-9-18-19/h2-3,5-6,8-10,13,15,17H,4,7,11-12H2,1H3. The van der Waals surface area contributed by atoms with Gasteiger partial charge in [-0.2, -0.15) is 16.9 Å². The monoisotopic (exact) mass is 287 g/mol. The highest BCUT2D eigenvalue weighted by atomic mass is 32.2. The van der Waals surface area contributed by atoms with E-state index in [1.54, 1.807) is 0 Å². The van der Waals surface area contributed by atoms with Crippen LogP contribution in [0.4, 0.5) is 0 Å². The lowest BCUT2D eigenvalue weighted by atomic mass is 10.1. The fourth-order valence-electron chi connectivity index (χ4n) is 2.73. The molecular weight excluding hydrogens is 266 g/mol. The predicted octanol–water partition coefficient (Wildman–Crippen LogP) is 3.25. The van der Waals surface area contributed by atoms with Crippen molar-refractivity contribution in [3.63, 3.8) is 0 Å². The number of rotatable bonds is 4. The summed E-state index contributed by atoms with van der Waals surface area (Å²) in [5, 5.41) is 8.78. The van der Waals surface area contributed by atoms with E-state index in [2.05, 4.69) is 53.4 Å². The third-order valence-corrected chi connectivity index (χ3v) is 5.28. The van der Waals surface area contributed by atoms with Gasteiger partial charge in [-0.3, -0.25) is 0 Å². The van der Waals surface area contributed by atoms with Crippen LogP contribution >= 0.6 is 11.8 Å². The Morgan fingerprint density at radius 2 is 2.25 bits per heavy atom. The van der Waals surface area contributed by atoms with Gasteiger partial charge in [-0.1, -0.05) is 25.1 Å². The van der Waals surface area contributed by atoms with Crippen LogP contribution in [-0.2, 0) is 6.54 Å². The van der Waals surface area contributed by atoms with Gasteiger partial charge >= 0.3 is 0 Å². The Bertz CT molecular complexity index is 538. The summed E-state index contributed by atoms with van der Waals surface area (Å²) in [7, 11) is 0. The quantitative estimate of drug-likeness (QED) is 0.936. The minimum absolute atomic E-state index is 0.624. The molecule has 2 heterocycles. The zero-order valence-electron chi connectivity index (χ0n) is 11.8. The average Bonchev–Trinajstić information content (AvgIpc) is 3.01. The summed E-state index contributed by atoms with van der Waals surface area (Å²) < 4.78 is 1.94. The molecule has 0 aliphatic carbocycles. The summed E-state index contributed by atoms with van der Waals surface area (Å²) in [6.07, 6.45) is 6.44. The van der Waals surface area contributed by atoms with Crippen LogP contribution in [0.15, 0.2) is 42.7 Å². The van der Waals surface area contributed by atoms with Crippen LogP contribution < -0.4 is 5.32 Å². The number of para-hydroxylation sites is 1. The number of hydrogen-bond acceptors (Lipinski definition) is 3. The van der Waals surface area contributed by atoms with Gasteiger partial charge in [0.25, 0.3) is 0 Å². The van der Waals surface area contributed by atoms with Gasteiger partial charge in [0.15, 0.2) is 0 Å². The summed E-state index contributed by atoms with van der Waals surface area (Å²) >= 11 is 2.08.